The van der Waals surface area contributed by atoms with Crippen molar-refractivity contribution in [1.29, 1.82) is 0 Å². The van der Waals surface area contributed by atoms with Crippen molar-refractivity contribution in [2.24, 2.45) is 7.05 Å². The summed E-state index contributed by atoms with van der Waals surface area (Å²) >= 11 is 1.38. The number of hydrogen-bond acceptors (Lipinski definition) is 5. The Labute approximate surface area is 178 Å². The summed E-state index contributed by atoms with van der Waals surface area (Å²) in [6, 6.07) is 19.9. The third-order valence-electron chi connectivity index (χ3n) is 5.28. The van der Waals surface area contributed by atoms with Crippen molar-refractivity contribution in [3.8, 4) is 11.6 Å². The first kappa shape index (κ1) is 18.7. The van der Waals surface area contributed by atoms with Crippen LogP contribution in [0, 0.1) is 0 Å². The summed E-state index contributed by atoms with van der Waals surface area (Å²) in [4.78, 5) is 15.3. The van der Waals surface area contributed by atoms with Gasteiger partial charge in [0.2, 0.25) is 5.91 Å². The van der Waals surface area contributed by atoms with Gasteiger partial charge in [-0.2, -0.15) is 0 Å². The minimum atomic E-state index is 0.0179. The van der Waals surface area contributed by atoms with Gasteiger partial charge in [-0.1, -0.05) is 48.2 Å². The molecule has 0 radical (unpaired) electrons. The van der Waals surface area contributed by atoms with Gasteiger partial charge in [0.05, 0.1) is 23.4 Å². The van der Waals surface area contributed by atoms with Crippen LogP contribution in [0.4, 0.5) is 11.4 Å². The summed E-state index contributed by atoms with van der Waals surface area (Å²) in [5.41, 5.74) is 4.29. The van der Waals surface area contributed by atoms with Crippen molar-refractivity contribution in [3.63, 3.8) is 0 Å². The Kier molecular flexibility index (Phi) is 4.88. The minimum absolute atomic E-state index is 0.0179. The van der Waals surface area contributed by atoms with Crippen molar-refractivity contribution in [2.75, 3.05) is 10.7 Å². The van der Waals surface area contributed by atoms with Crippen LogP contribution in [0.1, 0.15) is 11.1 Å². The maximum Gasteiger partial charge on any atom is 0.242 e. The number of aryl methyl sites for hydroxylation is 2. The van der Waals surface area contributed by atoms with Crippen LogP contribution in [-0.4, -0.2) is 26.4 Å². The van der Waals surface area contributed by atoms with E-state index < -0.39 is 0 Å². The van der Waals surface area contributed by atoms with E-state index in [4.69, 9.17) is 4.42 Å². The Morgan fingerprint density at radius 3 is 2.27 bits per heavy atom. The van der Waals surface area contributed by atoms with E-state index in [1.54, 1.807) is 6.26 Å². The molecular formula is C23H20N4O2S. The van der Waals surface area contributed by atoms with E-state index in [0.717, 1.165) is 24.2 Å². The van der Waals surface area contributed by atoms with Crippen LogP contribution in [0.3, 0.4) is 0 Å². The molecule has 30 heavy (non-hydrogen) atoms. The standard InChI is InChI=1S/C23H20N4O2S/c1-26-22(20-11-6-14-29-20)24-25-23(26)30-15-21(28)27-18-9-4-2-7-16(18)12-13-17-8-3-5-10-19(17)27/h2-11,14H,12-13,15H2,1H3. The van der Waals surface area contributed by atoms with Gasteiger partial charge in [-0.25, -0.2) is 0 Å². The van der Waals surface area contributed by atoms with Crippen molar-refractivity contribution < 1.29 is 9.21 Å². The molecule has 150 valence electrons. The zero-order valence-electron chi connectivity index (χ0n) is 16.5. The number of hydrogen-bond donors (Lipinski definition) is 0. The Balaban J connectivity index is 1.43. The fourth-order valence-corrected chi connectivity index (χ4v) is 4.56. The molecule has 0 bridgehead atoms. The normalized spacial score (nSPS) is 12.9. The monoisotopic (exact) mass is 416 g/mol. The molecule has 4 aromatic rings. The van der Waals surface area contributed by atoms with Gasteiger partial charge in [0, 0.05) is 7.05 Å². The second-order valence-electron chi connectivity index (χ2n) is 7.12. The van der Waals surface area contributed by atoms with Crippen molar-refractivity contribution in [3.05, 3.63) is 78.1 Å². The number of thioether (sulfide) groups is 1. The minimum Gasteiger partial charge on any atom is -0.461 e. The molecule has 0 unspecified atom stereocenters. The van der Waals surface area contributed by atoms with E-state index in [1.165, 1.54) is 22.9 Å². The highest BCUT2D eigenvalue weighted by molar-refractivity contribution is 7.99. The average molecular weight is 417 g/mol. The van der Waals surface area contributed by atoms with Crippen molar-refractivity contribution in [1.82, 2.24) is 14.8 Å². The summed E-state index contributed by atoms with van der Waals surface area (Å²) in [7, 11) is 1.88. The Hall–Kier alpha value is -3.32. The summed E-state index contributed by atoms with van der Waals surface area (Å²) < 4.78 is 7.27. The van der Waals surface area contributed by atoms with E-state index in [0.29, 0.717) is 16.7 Å². The smallest absolute Gasteiger partial charge is 0.242 e. The molecule has 6 nitrogen and oxygen atoms in total. The molecule has 7 heteroatoms. The lowest BCUT2D eigenvalue weighted by molar-refractivity contribution is -0.115. The van der Waals surface area contributed by atoms with Crippen molar-refractivity contribution in [2.45, 2.75) is 18.0 Å². The Morgan fingerprint density at radius 1 is 0.967 bits per heavy atom. The SMILES string of the molecule is Cn1c(SCC(=O)N2c3ccccc3CCc3ccccc32)nnc1-c1ccco1. The van der Waals surface area contributed by atoms with Gasteiger partial charge in [0.25, 0.3) is 0 Å². The third-order valence-corrected chi connectivity index (χ3v) is 6.28. The molecule has 0 aliphatic carbocycles. The van der Waals surface area contributed by atoms with Gasteiger partial charge in [0.1, 0.15) is 0 Å². The number of benzene rings is 2. The Bertz CT molecular complexity index is 1150. The largest absolute Gasteiger partial charge is 0.461 e. The fourth-order valence-electron chi connectivity index (χ4n) is 3.80. The zero-order chi connectivity index (χ0) is 20.5. The number of fused-ring (bicyclic) bond motifs is 2. The number of para-hydroxylation sites is 2. The first-order valence-electron chi connectivity index (χ1n) is 9.77. The number of amides is 1. The number of furan rings is 1. The van der Waals surface area contributed by atoms with Crippen LogP contribution in [0.25, 0.3) is 11.6 Å². The summed E-state index contributed by atoms with van der Waals surface area (Å²) in [5, 5.41) is 9.12. The summed E-state index contributed by atoms with van der Waals surface area (Å²) in [6.07, 6.45) is 3.44. The third kappa shape index (κ3) is 3.31. The molecule has 0 spiro atoms. The van der Waals surface area contributed by atoms with Crippen LogP contribution < -0.4 is 4.90 Å². The number of rotatable bonds is 4. The van der Waals surface area contributed by atoms with Gasteiger partial charge in [0.15, 0.2) is 16.7 Å². The molecule has 1 amide bonds. The quantitative estimate of drug-likeness (QED) is 0.454. The molecule has 2 aromatic carbocycles. The molecule has 0 fully saturated rings. The van der Waals surface area contributed by atoms with Crippen LogP contribution >= 0.6 is 11.8 Å². The second-order valence-corrected chi connectivity index (χ2v) is 8.06. The van der Waals surface area contributed by atoms with Crippen LogP contribution in [-0.2, 0) is 24.7 Å². The van der Waals surface area contributed by atoms with E-state index in [1.807, 2.05) is 65.0 Å². The van der Waals surface area contributed by atoms with E-state index in [9.17, 15) is 4.79 Å². The first-order valence-corrected chi connectivity index (χ1v) is 10.8. The molecule has 3 heterocycles. The molecule has 0 saturated heterocycles. The highest BCUT2D eigenvalue weighted by Gasteiger charge is 2.26. The second kappa shape index (κ2) is 7.84. The number of anilines is 2. The van der Waals surface area contributed by atoms with E-state index in [-0.39, 0.29) is 11.7 Å². The van der Waals surface area contributed by atoms with Gasteiger partial charge >= 0.3 is 0 Å². The lowest BCUT2D eigenvalue weighted by atomic mass is 10.0. The predicted molar refractivity (Wildman–Crippen MR) is 117 cm³/mol. The van der Waals surface area contributed by atoms with Gasteiger partial charge in [-0.3, -0.25) is 9.69 Å². The number of aromatic nitrogens is 3. The number of carbonyl (C=O) groups is 1. The lowest BCUT2D eigenvalue weighted by Crippen LogP contribution is -2.28. The maximum atomic E-state index is 13.4. The topological polar surface area (TPSA) is 64.2 Å². The molecule has 1 aliphatic rings. The highest BCUT2D eigenvalue weighted by atomic mass is 32.2. The molecule has 0 saturated carbocycles. The highest BCUT2D eigenvalue weighted by Crippen LogP contribution is 2.36. The van der Waals surface area contributed by atoms with E-state index >= 15 is 0 Å². The Morgan fingerprint density at radius 2 is 1.63 bits per heavy atom. The van der Waals surface area contributed by atoms with Gasteiger partial charge < -0.3 is 8.98 Å². The lowest BCUT2D eigenvalue weighted by Gasteiger charge is -2.24. The van der Waals surface area contributed by atoms with Crippen LogP contribution in [0.5, 0.6) is 0 Å². The maximum absolute atomic E-state index is 13.4. The number of carbonyl (C=O) groups excluding carboxylic acids is 1. The molecule has 1 aliphatic heterocycles. The molecule has 5 rings (SSSR count). The molecule has 0 N–H and O–H groups in total. The molecular weight excluding hydrogens is 396 g/mol. The predicted octanol–water partition coefficient (Wildman–Crippen LogP) is 4.63. The molecule has 0 atom stereocenters. The fraction of sp³-hybridized carbons (Fsp3) is 0.174. The summed E-state index contributed by atoms with van der Waals surface area (Å²) in [5.74, 6) is 1.57. The zero-order valence-corrected chi connectivity index (χ0v) is 17.3. The molecule has 2 aromatic heterocycles. The van der Waals surface area contributed by atoms with E-state index in [2.05, 4.69) is 22.3 Å². The van der Waals surface area contributed by atoms with Gasteiger partial charge in [-0.05, 0) is 48.2 Å². The number of nitrogens with zero attached hydrogens (tertiary/aromatic N) is 4. The summed E-state index contributed by atoms with van der Waals surface area (Å²) in [6.45, 7) is 0. The van der Waals surface area contributed by atoms with Crippen molar-refractivity contribution >= 4 is 29.0 Å². The average Bonchev–Trinajstić information content (AvgIpc) is 3.38. The van der Waals surface area contributed by atoms with Crippen LogP contribution in [0.15, 0.2) is 76.5 Å². The first-order chi connectivity index (χ1) is 14.7. The van der Waals surface area contributed by atoms with Gasteiger partial charge in [-0.15, -0.1) is 10.2 Å². The van der Waals surface area contributed by atoms with Crippen LogP contribution in [0.2, 0.25) is 0 Å².